The summed E-state index contributed by atoms with van der Waals surface area (Å²) in [6.07, 6.45) is 2.36. The van der Waals surface area contributed by atoms with Gasteiger partial charge in [0.1, 0.15) is 5.76 Å². The number of sulfonamides is 1. The lowest BCUT2D eigenvalue weighted by molar-refractivity contribution is 0.102. The van der Waals surface area contributed by atoms with Crippen LogP contribution in [0.1, 0.15) is 48.0 Å². The first-order chi connectivity index (χ1) is 15.2. The van der Waals surface area contributed by atoms with E-state index in [0.29, 0.717) is 28.6 Å². The van der Waals surface area contributed by atoms with Crippen molar-refractivity contribution in [3.8, 4) is 0 Å². The Morgan fingerprint density at radius 1 is 1.03 bits per heavy atom. The van der Waals surface area contributed by atoms with E-state index in [-0.39, 0.29) is 10.8 Å². The van der Waals surface area contributed by atoms with E-state index in [1.54, 1.807) is 56.3 Å². The predicted molar refractivity (Wildman–Crippen MR) is 125 cm³/mol. The molecule has 168 valence electrons. The third-order valence-electron chi connectivity index (χ3n) is 4.88. The summed E-state index contributed by atoms with van der Waals surface area (Å²) >= 11 is 0. The molecule has 0 fully saturated rings. The monoisotopic (exact) mass is 453 g/mol. The molecular weight excluding hydrogens is 426 g/mol. The second kappa shape index (κ2) is 9.82. The number of hydrogen-bond acceptors (Lipinski definition) is 5. The van der Waals surface area contributed by atoms with Crippen LogP contribution in [0.15, 0.2) is 75.3 Å². The maximum atomic E-state index is 12.5. The van der Waals surface area contributed by atoms with Crippen molar-refractivity contribution >= 4 is 27.3 Å². The number of aryl methyl sites for hydroxylation is 1. The van der Waals surface area contributed by atoms with Crippen molar-refractivity contribution in [1.82, 2.24) is 4.83 Å². The van der Waals surface area contributed by atoms with Gasteiger partial charge in [0.2, 0.25) is 0 Å². The van der Waals surface area contributed by atoms with E-state index in [1.165, 1.54) is 6.26 Å². The number of nitrogens with zero attached hydrogens (tertiary/aromatic N) is 1. The highest BCUT2D eigenvalue weighted by atomic mass is 32.2. The summed E-state index contributed by atoms with van der Waals surface area (Å²) in [5.74, 6) is 0.780. The third kappa shape index (κ3) is 5.85. The molecule has 1 amide bonds. The van der Waals surface area contributed by atoms with Crippen molar-refractivity contribution in [2.24, 2.45) is 11.0 Å². The molecule has 2 N–H and O–H groups in total. The molecule has 1 heterocycles. The smallest absolute Gasteiger partial charge is 0.276 e. The largest absolute Gasteiger partial charge is 0.469 e. The first-order valence-corrected chi connectivity index (χ1v) is 11.7. The van der Waals surface area contributed by atoms with Crippen molar-refractivity contribution in [2.45, 2.75) is 39.0 Å². The minimum Gasteiger partial charge on any atom is -0.469 e. The number of benzene rings is 2. The van der Waals surface area contributed by atoms with Crippen LogP contribution in [0.3, 0.4) is 0 Å². The van der Waals surface area contributed by atoms with Crippen molar-refractivity contribution in [2.75, 3.05) is 5.32 Å². The van der Waals surface area contributed by atoms with Gasteiger partial charge in [0, 0.05) is 5.69 Å². The van der Waals surface area contributed by atoms with Gasteiger partial charge in [-0.1, -0.05) is 38.1 Å². The standard InChI is InChI=1S/C24H27N3O4S/c1-16(2)15-19-5-11-22(12-6-19)32(29,30)27-26-17(3)20-7-9-21(10-8-20)25-24(28)23-13-14-31-18(23)4/h5-14,16,27H,15H2,1-4H3,(H,25,28). The topological polar surface area (TPSA) is 101 Å². The molecule has 0 aliphatic heterocycles. The van der Waals surface area contributed by atoms with E-state index in [4.69, 9.17) is 4.42 Å². The molecule has 0 bridgehead atoms. The molecule has 0 spiro atoms. The van der Waals surface area contributed by atoms with Crippen molar-refractivity contribution in [1.29, 1.82) is 0 Å². The molecule has 2 aromatic carbocycles. The van der Waals surface area contributed by atoms with E-state index in [0.717, 1.165) is 17.5 Å². The van der Waals surface area contributed by atoms with E-state index in [2.05, 4.69) is 29.1 Å². The molecule has 0 radical (unpaired) electrons. The van der Waals surface area contributed by atoms with Crippen LogP contribution >= 0.6 is 0 Å². The van der Waals surface area contributed by atoms with Gasteiger partial charge in [-0.25, -0.2) is 0 Å². The zero-order chi connectivity index (χ0) is 23.3. The number of hydrogen-bond donors (Lipinski definition) is 2. The predicted octanol–water partition coefficient (Wildman–Crippen LogP) is 4.74. The average molecular weight is 454 g/mol. The molecule has 8 heteroatoms. The van der Waals surface area contributed by atoms with Crippen LogP contribution in [0.4, 0.5) is 5.69 Å². The zero-order valence-electron chi connectivity index (χ0n) is 18.5. The second-order valence-corrected chi connectivity index (χ2v) is 9.62. The van der Waals surface area contributed by atoms with Gasteiger partial charge in [-0.15, -0.1) is 0 Å². The summed E-state index contributed by atoms with van der Waals surface area (Å²) in [5.41, 5.74) is 3.38. The molecule has 7 nitrogen and oxygen atoms in total. The van der Waals surface area contributed by atoms with Gasteiger partial charge in [-0.3, -0.25) is 4.79 Å². The molecular formula is C24H27N3O4S. The Morgan fingerprint density at radius 3 is 2.25 bits per heavy atom. The van der Waals surface area contributed by atoms with Crippen molar-refractivity contribution in [3.05, 3.63) is 83.3 Å². The highest BCUT2D eigenvalue weighted by Gasteiger charge is 2.14. The fourth-order valence-corrected chi connectivity index (χ4v) is 3.99. The number of amides is 1. The minimum atomic E-state index is -3.77. The minimum absolute atomic E-state index is 0.161. The Bertz CT molecular complexity index is 1210. The van der Waals surface area contributed by atoms with E-state index >= 15 is 0 Å². The Labute approximate surface area is 188 Å². The fourth-order valence-electron chi connectivity index (χ4n) is 3.14. The van der Waals surface area contributed by atoms with Crippen LogP contribution < -0.4 is 10.1 Å². The van der Waals surface area contributed by atoms with Gasteiger partial charge in [0.25, 0.3) is 15.9 Å². The first-order valence-electron chi connectivity index (χ1n) is 10.3. The van der Waals surface area contributed by atoms with Crippen LogP contribution in [0.2, 0.25) is 0 Å². The summed E-state index contributed by atoms with van der Waals surface area (Å²) in [6, 6.07) is 15.4. The highest BCUT2D eigenvalue weighted by molar-refractivity contribution is 7.89. The summed E-state index contributed by atoms with van der Waals surface area (Å²) in [7, 11) is -3.77. The SMILES string of the molecule is CC(=NNS(=O)(=O)c1ccc(CC(C)C)cc1)c1ccc(NC(=O)c2ccoc2C)cc1. The molecule has 32 heavy (non-hydrogen) atoms. The van der Waals surface area contributed by atoms with Crippen LogP contribution in [0, 0.1) is 12.8 Å². The second-order valence-electron chi connectivity index (χ2n) is 7.96. The summed E-state index contributed by atoms with van der Waals surface area (Å²) in [6.45, 7) is 7.66. The van der Waals surface area contributed by atoms with Gasteiger partial charge in [0.15, 0.2) is 0 Å². The molecule has 0 atom stereocenters. The number of hydrazone groups is 1. The molecule has 3 rings (SSSR count). The summed E-state index contributed by atoms with van der Waals surface area (Å²) in [5, 5.41) is 6.83. The Balaban J connectivity index is 1.65. The molecule has 0 unspecified atom stereocenters. The summed E-state index contributed by atoms with van der Waals surface area (Å²) in [4.78, 5) is 14.7. The van der Waals surface area contributed by atoms with E-state index < -0.39 is 10.0 Å². The Hall–Kier alpha value is -3.39. The van der Waals surface area contributed by atoms with Crippen molar-refractivity contribution in [3.63, 3.8) is 0 Å². The molecule has 1 aromatic heterocycles. The quantitative estimate of drug-likeness (QED) is 0.380. The maximum absolute atomic E-state index is 12.5. The number of furan rings is 1. The zero-order valence-corrected chi connectivity index (χ0v) is 19.4. The van der Waals surface area contributed by atoms with E-state index in [1.807, 2.05) is 12.1 Å². The van der Waals surface area contributed by atoms with Gasteiger partial charge < -0.3 is 9.73 Å². The Kier molecular flexibility index (Phi) is 7.15. The van der Waals surface area contributed by atoms with E-state index in [9.17, 15) is 13.2 Å². The maximum Gasteiger partial charge on any atom is 0.276 e. The van der Waals surface area contributed by atoms with Crippen LogP contribution in [-0.2, 0) is 16.4 Å². The molecule has 0 aliphatic rings. The third-order valence-corrected chi connectivity index (χ3v) is 6.10. The van der Waals surface area contributed by atoms with Gasteiger partial charge >= 0.3 is 0 Å². The van der Waals surface area contributed by atoms with Gasteiger partial charge in [0.05, 0.1) is 22.4 Å². The lowest BCUT2D eigenvalue weighted by Crippen LogP contribution is -2.20. The van der Waals surface area contributed by atoms with Crippen LogP contribution in [-0.4, -0.2) is 20.0 Å². The molecule has 3 aromatic rings. The molecule has 0 aliphatic carbocycles. The normalized spacial score (nSPS) is 12.1. The Morgan fingerprint density at radius 2 is 1.69 bits per heavy atom. The van der Waals surface area contributed by atoms with Gasteiger partial charge in [-0.2, -0.15) is 18.4 Å². The number of carbonyl (C=O) groups excluding carboxylic acids is 1. The number of rotatable bonds is 8. The average Bonchev–Trinajstić information content (AvgIpc) is 3.18. The number of anilines is 1. The number of carbonyl (C=O) groups is 1. The molecule has 0 saturated carbocycles. The number of nitrogens with one attached hydrogen (secondary N) is 2. The van der Waals surface area contributed by atoms with Gasteiger partial charge in [-0.05, 0) is 67.6 Å². The van der Waals surface area contributed by atoms with Crippen LogP contribution in [0.5, 0.6) is 0 Å². The summed E-state index contributed by atoms with van der Waals surface area (Å²) < 4.78 is 30.2. The lowest BCUT2D eigenvalue weighted by atomic mass is 10.0. The van der Waals surface area contributed by atoms with Crippen molar-refractivity contribution < 1.29 is 17.6 Å². The van der Waals surface area contributed by atoms with Crippen LogP contribution in [0.25, 0.3) is 0 Å². The lowest BCUT2D eigenvalue weighted by Gasteiger charge is -2.09. The fraction of sp³-hybridized carbons (Fsp3) is 0.250. The molecule has 0 saturated heterocycles. The first kappa shape index (κ1) is 23.3. The highest BCUT2D eigenvalue weighted by Crippen LogP contribution is 2.16.